The number of hydrogen-bond donors (Lipinski definition) is 2. The summed E-state index contributed by atoms with van der Waals surface area (Å²) in [7, 11) is -2.02. The Bertz CT molecular complexity index is 981. The standard InChI is InChI=1S/C22H28N2O5S/c1-15(2)24-30(26,27)19-11-8-16(9-12-19)22(25)23-17-10-13-20(28-3)21(14-17)29-18-6-4-5-7-18/h8-15,18,24H,4-7H2,1-3H3,(H,23,25). The van der Waals surface area contributed by atoms with E-state index >= 15 is 0 Å². The number of nitrogens with one attached hydrogen (secondary N) is 2. The maximum atomic E-state index is 12.6. The van der Waals surface area contributed by atoms with Crippen molar-refractivity contribution < 1.29 is 22.7 Å². The van der Waals surface area contributed by atoms with Gasteiger partial charge in [0.2, 0.25) is 10.0 Å². The number of ether oxygens (including phenoxy) is 2. The number of carbonyl (C=O) groups is 1. The minimum Gasteiger partial charge on any atom is -0.493 e. The molecule has 3 rings (SSSR count). The van der Waals surface area contributed by atoms with Crippen LogP contribution in [-0.2, 0) is 10.0 Å². The molecule has 0 unspecified atom stereocenters. The molecule has 2 N–H and O–H groups in total. The van der Waals surface area contributed by atoms with Gasteiger partial charge in [-0.05, 0) is 75.9 Å². The van der Waals surface area contributed by atoms with Gasteiger partial charge in [0.15, 0.2) is 11.5 Å². The van der Waals surface area contributed by atoms with Gasteiger partial charge in [-0.2, -0.15) is 0 Å². The van der Waals surface area contributed by atoms with Crippen LogP contribution >= 0.6 is 0 Å². The lowest BCUT2D eigenvalue weighted by atomic mass is 10.2. The van der Waals surface area contributed by atoms with Crippen molar-refractivity contribution in [3.05, 3.63) is 48.0 Å². The molecule has 2 aromatic carbocycles. The van der Waals surface area contributed by atoms with Crippen molar-refractivity contribution in [3.8, 4) is 11.5 Å². The Hall–Kier alpha value is -2.58. The molecule has 162 valence electrons. The maximum Gasteiger partial charge on any atom is 0.255 e. The molecule has 1 fully saturated rings. The summed E-state index contributed by atoms with van der Waals surface area (Å²) < 4.78 is 38.4. The second-order valence-electron chi connectivity index (χ2n) is 7.64. The molecule has 1 saturated carbocycles. The number of carbonyl (C=O) groups excluding carboxylic acids is 1. The topological polar surface area (TPSA) is 93.7 Å². The van der Waals surface area contributed by atoms with Gasteiger partial charge in [-0.15, -0.1) is 0 Å². The minimum atomic E-state index is -3.60. The molecular weight excluding hydrogens is 404 g/mol. The molecule has 1 aliphatic carbocycles. The summed E-state index contributed by atoms with van der Waals surface area (Å²) in [6.07, 6.45) is 4.50. The van der Waals surface area contributed by atoms with Crippen molar-refractivity contribution in [1.82, 2.24) is 4.72 Å². The van der Waals surface area contributed by atoms with E-state index in [0.717, 1.165) is 25.7 Å². The first-order valence-corrected chi connectivity index (χ1v) is 11.6. The van der Waals surface area contributed by atoms with Gasteiger partial charge in [0.25, 0.3) is 5.91 Å². The molecule has 1 aliphatic rings. The molecule has 0 heterocycles. The lowest BCUT2D eigenvalue weighted by Crippen LogP contribution is -2.30. The predicted octanol–water partition coefficient (Wildman–Crippen LogP) is 3.96. The maximum absolute atomic E-state index is 12.6. The van der Waals surface area contributed by atoms with Gasteiger partial charge in [0.05, 0.1) is 18.1 Å². The Labute approximate surface area is 177 Å². The van der Waals surface area contributed by atoms with Crippen molar-refractivity contribution >= 4 is 21.6 Å². The van der Waals surface area contributed by atoms with Crippen LogP contribution in [0.3, 0.4) is 0 Å². The van der Waals surface area contributed by atoms with E-state index in [2.05, 4.69) is 10.0 Å². The van der Waals surface area contributed by atoms with E-state index < -0.39 is 10.0 Å². The molecule has 0 aliphatic heterocycles. The normalized spacial score (nSPS) is 14.7. The number of hydrogen-bond acceptors (Lipinski definition) is 5. The van der Waals surface area contributed by atoms with Gasteiger partial charge in [-0.25, -0.2) is 13.1 Å². The largest absolute Gasteiger partial charge is 0.493 e. The van der Waals surface area contributed by atoms with E-state index in [0.29, 0.717) is 22.7 Å². The molecule has 8 heteroatoms. The average molecular weight is 433 g/mol. The van der Waals surface area contributed by atoms with E-state index in [1.807, 2.05) is 0 Å². The molecule has 0 saturated heterocycles. The van der Waals surface area contributed by atoms with Gasteiger partial charge >= 0.3 is 0 Å². The molecule has 1 amide bonds. The van der Waals surface area contributed by atoms with Crippen LogP contribution in [0.1, 0.15) is 49.9 Å². The van der Waals surface area contributed by atoms with E-state index in [4.69, 9.17) is 9.47 Å². The van der Waals surface area contributed by atoms with Crippen molar-refractivity contribution in [2.75, 3.05) is 12.4 Å². The summed E-state index contributed by atoms with van der Waals surface area (Å²) in [5, 5.41) is 2.83. The van der Waals surface area contributed by atoms with Crippen molar-refractivity contribution in [1.29, 1.82) is 0 Å². The van der Waals surface area contributed by atoms with E-state index in [1.165, 1.54) is 24.3 Å². The first-order chi connectivity index (χ1) is 14.3. The SMILES string of the molecule is COc1ccc(NC(=O)c2ccc(S(=O)(=O)NC(C)C)cc2)cc1OC1CCCC1. The summed E-state index contributed by atoms with van der Waals surface area (Å²) in [6, 6.07) is 10.9. The summed E-state index contributed by atoms with van der Waals surface area (Å²) in [6.45, 7) is 3.50. The first kappa shape index (κ1) is 22.1. The van der Waals surface area contributed by atoms with Crippen molar-refractivity contribution in [3.63, 3.8) is 0 Å². The monoisotopic (exact) mass is 432 g/mol. The average Bonchev–Trinajstić information content (AvgIpc) is 3.20. The number of anilines is 1. The molecule has 0 bridgehead atoms. The molecule has 7 nitrogen and oxygen atoms in total. The zero-order chi connectivity index (χ0) is 21.7. The molecule has 30 heavy (non-hydrogen) atoms. The van der Waals surface area contributed by atoms with Crippen molar-refractivity contribution in [2.45, 2.75) is 56.6 Å². The third kappa shape index (κ3) is 5.52. The van der Waals surface area contributed by atoms with Crippen LogP contribution in [0.25, 0.3) is 0 Å². The lowest BCUT2D eigenvalue weighted by molar-refractivity contribution is 0.102. The van der Waals surface area contributed by atoms with Crippen LogP contribution in [0.5, 0.6) is 11.5 Å². The van der Waals surface area contributed by atoms with Gasteiger partial charge in [0, 0.05) is 23.4 Å². The number of benzene rings is 2. The number of methoxy groups -OCH3 is 1. The lowest BCUT2D eigenvalue weighted by Gasteiger charge is -2.17. The summed E-state index contributed by atoms with van der Waals surface area (Å²) in [4.78, 5) is 12.7. The first-order valence-electron chi connectivity index (χ1n) is 10.1. The fraction of sp³-hybridized carbons (Fsp3) is 0.409. The molecule has 0 aromatic heterocycles. The van der Waals surface area contributed by atoms with Gasteiger partial charge in [-0.1, -0.05) is 0 Å². The van der Waals surface area contributed by atoms with Crippen LogP contribution in [0.2, 0.25) is 0 Å². The van der Waals surface area contributed by atoms with Gasteiger partial charge in [-0.3, -0.25) is 4.79 Å². The van der Waals surface area contributed by atoms with Gasteiger partial charge in [0.1, 0.15) is 0 Å². The molecule has 0 spiro atoms. The summed E-state index contributed by atoms with van der Waals surface area (Å²) >= 11 is 0. The smallest absolute Gasteiger partial charge is 0.255 e. The Morgan fingerprint density at radius 2 is 1.70 bits per heavy atom. The molecular formula is C22H28N2O5S. The highest BCUT2D eigenvalue weighted by atomic mass is 32.2. The van der Waals surface area contributed by atoms with Gasteiger partial charge < -0.3 is 14.8 Å². The van der Waals surface area contributed by atoms with Crippen LogP contribution in [0.4, 0.5) is 5.69 Å². The zero-order valence-electron chi connectivity index (χ0n) is 17.5. The minimum absolute atomic E-state index is 0.115. The van der Waals surface area contributed by atoms with E-state index in [-0.39, 0.29) is 22.9 Å². The molecule has 0 radical (unpaired) electrons. The number of amides is 1. The van der Waals surface area contributed by atoms with Crippen LogP contribution in [-0.4, -0.2) is 33.6 Å². The second-order valence-corrected chi connectivity index (χ2v) is 9.36. The van der Waals surface area contributed by atoms with Crippen LogP contribution in [0.15, 0.2) is 47.4 Å². The fourth-order valence-corrected chi connectivity index (χ4v) is 4.65. The third-order valence-corrected chi connectivity index (χ3v) is 6.51. The number of sulfonamides is 1. The highest BCUT2D eigenvalue weighted by Crippen LogP contribution is 2.34. The summed E-state index contributed by atoms with van der Waals surface area (Å²) in [5.41, 5.74) is 0.930. The van der Waals surface area contributed by atoms with Crippen LogP contribution < -0.4 is 19.5 Å². The zero-order valence-corrected chi connectivity index (χ0v) is 18.3. The predicted molar refractivity (Wildman–Crippen MR) is 116 cm³/mol. The Morgan fingerprint density at radius 1 is 1.03 bits per heavy atom. The highest BCUT2D eigenvalue weighted by molar-refractivity contribution is 7.89. The van der Waals surface area contributed by atoms with E-state index in [9.17, 15) is 13.2 Å². The van der Waals surface area contributed by atoms with E-state index in [1.54, 1.807) is 39.2 Å². The molecule has 0 atom stereocenters. The second kappa shape index (κ2) is 9.49. The summed E-state index contributed by atoms with van der Waals surface area (Å²) in [5.74, 6) is 0.878. The molecule has 2 aromatic rings. The third-order valence-electron chi connectivity index (χ3n) is 4.83. The van der Waals surface area contributed by atoms with Crippen molar-refractivity contribution in [2.24, 2.45) is 0 Å². The van der Waals surface area contributed by atoms with Crippen LogP contribution in [0, 0.1) is 0 Å². The highest BCUT2D eigenvalue weighted by Gasteiger charge is 2.19. The Kier molecular flexibility index (Phi) is 6.99. The Balaban J connectivity index is 1.72. The quantitative estimate of drug-likeness (QED) is 0.659. The fourth-order valence-electron chi connectivity index (χ4n) is 3.40. The number of rotatable bonds is 8. The Morgan fingerprint density at radius 3 is 2.30 bits per heavy atom.